The van der Waals surface area contributed by atoms with Crippen LogP contribution in [0.2, 0.25) is 5.02 Å². The maximum absolute atomic E-state index is 12.9. The molecule has 0 aliphatic heterocycles. The molecule has 0 aromatic heterocycles. The Morgan fingerprint density at radius 2 is 2.11 bits per heavy atom. The van der Waals surface area contributed by atoms with Gasteiger partial charge in [0.25, 0.3) is 5.91 Å². The number of carbonyl (C=O) groups is 1. The first-order valence-corrected chi connectivity index (χ1v) is 6.27. The molecule has 0 radical (unpaired) electrons. The monoisotopic (exact) mass is 308 g/mol. The van der Waals surface area contributed by atoms with Crippen molar-refractivity contribution in [3.8, 4) is 0 Å². The number of nitrogens with one attached hydrogen (secondary N) is 1. The largest absolute Gasteiger partial charge is 0.348 e. The Morgan fingerprint density at radius 3 is 2.58 bits per heavy atom. The number of amides is 1. The third-order valence-electron chi connectivity index (χ3n) is 2.55. The summed E-state index contributed by atoms with van der Waals surface area (Å²) in [6.45, 7) is 4.47. The maximum atomic E-state index is 12.9. The van der Waals surface area contributed by atoms with Gasteiger partial charge in [-0.05, 0) is 30.5 Å². The Morgan fingerprint density at radius 1 is 1.47 bits per heavy atom. The topological polar surface area (TPSA) is 55.1 Å². The van der Waals surface area contributed by atoms with Gasteiger partial charge in [0.15, 0.2) is 0 Å². The standard InChI is InChI=1S/C13H18ClFN2O.ClH/c1-8(2)5-10(7-16)17-13(18)11-4-3-9(15)6-12(11)14;/h3-4,6,8,10H,5,7,16H2,1-2H3,(H,17,18);1H. The Labute approximate surface area is 124 Å². The summed E-state index contributed by atoms with van der Waals surface area (Å²) in [6.07, 6.45) is 0.793. The molecule has 0 saturated heterocycles. The molecule has 1 aromatic carbocycles. The quantitative estimate of drug-likeness (QED) is 0.878. The minimum Gasteiger partial charge on any atom is -0.348 e. The lowest BCUT2D eigenvalue weighted by Crippen LogP contribution is -2.41. The van der Waals surface area contributed by atoms with Crippen LogP contribution in [0.25, 0.3) is 0 Å². The number of carbonyl (C=O) groups excluding carboxylic acids is 1. The van der Waals surface area contributed by atoms with Crippen molar-refractivity contribution in [2.45, 2.75) is 26.3 Å². The summed E-state index contributed by atoms with van der Waals surface area (Å²) < 4.78 is 12.9. The van der Waals surface area contributed by atoms with Crippen LogP contribution in [-0.4, -0.2) is 18.5 Å². The number of hydrogen-bond acceptors (Lipinski definition) is 2. The van der Waals surface area contributed by atoms with E-state index < -0.39 is 5.82 Å². The van der Waals surface area contributed by atoms with Gasteiger partial charge in [-0.15, -0.1) is 12.4 Å². The molecule has 1 amide bonds. The van der Waals surface area contributed by atoms with Gasteiger partial charge >= 0.3 is 0 Å². The summed E-state index contributed by atoms with van der Waals surface area (Å²) >= 11 is 5.82. The molecule has 1 rings (SSSR count). The van der Waals surface area contributed by atoms with Crippen LogP contribution in [0.3, 0.4) is 0 Å². The van der Waals surface area contributed by atoms with Crippen LogP contribution >= 0.6 is 24.0 Å². The zero-order valence-electron chi connectivity index (χ0n) is 11.0. The lowest BCUT2D eigenvalue weighted by atomic mass is 10.0. The zero-order valence-corrected chi connectivity index (χ0v) is 12.5. The van der Waals surface area contributed by atoms with Crippen LogP contribution in [0, 0.1) is 11.7 Å². The fraction of sp³-hybridized carbons (Fsp3) is 0.462. The number of hydrogen-bond donors (Lipinski definition) is 2. The number of halogens is 3. The van der Waals surface area contributed by atoms with Crippen molar-refractivity contribution < 1.29 is 9.18 Å². The highest BCUT2D eigenvalue weighted by Crippen LogP contribution is 2.17. The van der Waals surface area contributed by atoms with E-state index in [4.69, 9.17) is 17.3 Å². The molecule has 0 fully saturated rings. The van der Waals surface area contributed by atoms with Crippen molar-refractivity contribution in [1.82, 2.24) is 5.32 Å². The van der Waals surface area contributed by atoms with E-state index >= 15 is 0 Å². The van der Waals surface area contributed by atoms with Crippen molar-refractivity contribution in [2.24, 2.45) is 11.7 Å². The molecule has 0 saturated carbocycles. The average molecular weight is 309 g/mol. The number of rotatable bonds is 5. The third kappa shape index (κ3) is 5.76. The first-order valence-electron chi connectivity index (χ1n) is 5.90. The van der Waals surface area contributed by atoms with E-state index in [1.807, 2.05) is 0 Å². The van der Waals surface area contributed by atoms with E-state index in [1.165, 1.54) is 12.1 Å². The molecule has 0 aliphatic rings. The smallest absolute Gasteiger partial charge is 0.253 e. The molecule has 1 aromatic rings. The number of nitrogens with two attached hydrogens (primary N) is 1. The SMILES string of the molecule is CC(C)CC(CN)NC(=O)c1ccc(F)cc1Cl.Cl. The van der Waals surface area contributed by atoms with E-state index in [2.05, 4.69) is 19.2 Å². The van der Waals surface area contributed by atoms with Gasteiger partial charge in [0.1, 0.15) is 5.82 Å². The molecule has 1 unspecified atom stereocenters. The Balaban J connectivity index is 0.00000324. The molecule has 0 aliphatic carbocycles. The van der Waals surface area contributed by atoms with Gasteiger partial charge in [-0.3, -0.25) is 4.79 Å². The molecule has 3 nitrogen and oxygen atoms in total. The molecule has 3 N–H and O–H groups in total. The van der Waals surface area contributed by atoms with Crippen LogP contribution < -0.4 is 11.1 Å². The van der Waals surface area contributed by atoms with Gasteiger partial charge in [-0.25, -0.2) is 4.39 Å². The van der Waals surface area contributed by atoms with Crippen LogP contribution in [-0.2, 0) is 0 Å². The molecule has 19 heavy (non-hydrogen) atoms. The molecule has 0 bridgehead atoms. The van der Waals surface area contributed by atoms with Crippen molar-refractivity contribution >= 4 is 29.9 Å². The molecule has 0 heterocycles. The summed E-state index contributed by atoms with van der Waals surface area (Å²) in [5.41, 5.74) is 5.87. The summed E-state index contributed by atoms with van der Waals surface area (Å²) in [4.78, 5) is 12.0. The molecule has 1 atom stereocenters. The first-order chi connectivity index (χ1) is 8.43. The Kier molecular flexibility index (Phi) is 7.99. The summed E-state index contributed by atoms with van der Waals surface area (Å²) in [6, 6.07) is 3.60. The predicted molar refractivity (Wildman–Crippen MR) is 78.4 cm³/mol. The van der Waals surface area contributed by atoms with E-state index in [1.54, 1.807) is 0 Å². The summed E-state index contributed by atoms with van der Waals surface area (Å²) in [5.74, 6) is -0.354. The van der Waals surface area contributed by atoms with Crippen LogP contribution in [0.1, 0.15) is 30.6 Å². The third-order valence-corrected chi connectivity index (χ3v) is 2.86. The maximum Gasteiger partial charge on any atom is 0.253 e. The van der Waals surface area contributed by atoms with E-state index in [0.717, 1.165) is 12.5 Å². The van der Waals surface area contributed by atoms with Gasteiger partial charge in [0.2, 0.25) is 0 Å². The van der Waals surface area contributed by atoms with Crippen LogP contribution in [0.15, 0.2) is 18.2 Å². The first kappa shape index (κ1) is 18.2. The van der Waals surface area contributed by atoms with Crippen molar-refractivity contribution in [1.29, 1.82) is 0 Å². The predicted octanol–water partition coefficient (Wildman–Crippen LogP) is 3.00. The Bertz CT molecular complexity index is 427. The lowest BCUT2D eigenvalue weighted by molar-refractivity contribution is 0.0934. The van der Waals surface area contributed by atoms with E-state index in [9.17, 15) is 9.18 Å². The van der Waals surface area contributed by atoms with Gasteiger partial charge < -0.3 is 11.1 Å². The van der Waals surface area contributed by atoms with Crippen molar-refractivity contribution in [3.63, 3.8) is 0 Å². The second-order valence-corrected chi connectivity index (χ2v) is 5.07. The molecular formula is C13H19Cl2FN2O. The van der Waals surface area contributed by atoms with Crippen molar-refractivity contribution in [2.75, 3.05) is 6.54 Å². The van der Waals surface area contributed by atoms with E-state index in [0.29, 0.717) is 12.5 Å². The summed E-state index contributed by atoms with van der Waals surface area (Å²) in [5, 5.41) is 2.91. The molecule has 108 valence electrons. The highest BCUT2D eigenvalue weighted by Gasteiger charge is 2.16. The molecular weight excluding hydrogens is 290 g/mol. The highest BCUT2D eigenvalue weighted by molar-refractivity contribution is 6.33. The summed E-state index contributed by atoms with van der Waals surface area (Å²) in [7, 11) is 0. The van der Waals surface area contributed by atoms with Gasteiger partial charge in [0.05, 0.1) is 10.6 Å². The van der Waals surface area contributed by atoms with Crippen molar-refractivity contribution in [3.05, 3.63) is 34.6 Å². The second kappa shape index (κ2) is 8.35. The van der Waals surface area contributed by atoms with Gasteiger partial charge in [-0.2, -0.15) is 0 Å². The molecule has 6 heteroatoms. The number of benzene rings is 1. The lowest BCUT2D eigenvalue weighted by Gasteiger charge is -2.19. The van der Waals surface area contributed by atoms with Crippen LogP contribution in [0.5, 0.6) is 0 Å². The minimum absolute atomic E-state index is 0. The Hall–Kier alpha value is -0.840. The zero-order chi connectivity index (χ0) is 13.7. The average Bonchev–Trinajstić information content (AvgIpc) is 2.27. The normalized spacial score (nSPS) is 11.9. The minimum atomic E-state index is -0.464. The van der Waals surface area contributed by atoms with Gasteiger partial charge in [0, 0.05) is 12.6 Å². The van der Waals surface area contributed by atoms with E-state index in [-0.39, 0.29) is 34.9 Å². The van der Waals surface area contributed by atoms with Crippen LogP contribution in [0.4, 0.5) is 4.39 Å². The fourth-order valence-electron chi connectivity index (χ4n) is 1.72. The highest BCUT2D eigenvalue weighted by atomic mass is 35.5. The fourth-order valence-corrected chi connectivity index (χ4v) is 1.97. The van der Waals surface area contributed by atoms with Gasteiger partial charge in [-0.1, -0.05) is 25.4 Å². The second-order valence-electron chi connectivity index (χ2n) is 4.66. The molecule has 0 spiro atoms.